The molecule has 2 aromatic heterocycles. The first-order valence-electron chi connectivity index (χ1n) is 11.5. The van der Waals surface area contributed by atoms with Gasteiger partial charge < -0.3 is 14.6 Å². The molecule has 0 radical (unpaired) electrons. The predicted octanol–water partition coefficient (Wildman–Crippen LogP) is 4.87. The largest absolute Gasteiger partial charge is 0.497 e. The van der Waals surface area contributed by atoms with Crippen LogP contribution in [0.3, 0.4) is 0 Å². The maximum atomic E-state index is 13.7. The van der Waals surface area contributed by atoms with E-state index in [2.05, 4.69) is 9.88 Å². The number of halogens is 1. The molecular weight excluding hydrogens is 476 g/mol. The zero-order chi connectivity index (χ0) is 25.1. The lowest BCUT2D eigenvalue weighted by atomic mass is 9.99. The molecule has 0 fully saturated rings. The van der Waals surface area contributed by atoms with E-state index < -0.39 is 0 Å². The van der Waals surface area contributed by atoms with Crippen LogP contribution in [0.2, 0.25) is 5.02 Å². The molecule has 0 amide bonds. The minimum Gasteiger partial charge on any atom is -0.497 e. The van der Waals surface area contributed by atoms with Crippen LogP contribution in [0.25, 0.3) is 27.8 Å². The number of nitrogens with one attached hydrogen (secondary N) is 1. The van der Waals surface area contributed by atoms with Gasteiger partial charge >= 0.3 is 5.69 Å². The number of anilines is 1. The Kier molecular flexibility index (Phi) is 5.05. The molecule has 0 unspecified atom stereocenters. The molecule has 6 rings (SSSR count). The van der Waals surface area contributed by atoms with Crippen molar-refractivity contribution >= 4 is 28.2 Å². The normalized spacial score (nSPS) is 14.3. The number of fused-ring (bicyclic) bond motifs is 5. The second-order valence-corrected chi connectivity index (χ2v) is 9.31. The molecule has 1 atom stereocenters. The lowest BCUT2D eigenvalue weighted by Crippen LogP contribution is -2.37. The van der Waals surface area contributed by atoms with E-state index >= 15 is 0 Å². The first-order chi connectivity index (χ1) is 17.4. The fraction of sp³-hybridized carbons (Fsp3) is 0.143. The number of nitrogens with zero attached hydrogens (tertiary/aromatic N) is 3. The lowest BCUT2D eigenvalue weighted by Gasteiger charge is -2.31. The lowest BCUT2D eigenvalue weighted by molar-refractivity contribution is 0.414. The van der Waals surface area contributed by atoms with Gasteiger partial charge in [-0.15, -0.1) is 0 Å². The minimum atomic E-state index is -0.383. The van der Waals surface area contributed by atoms with Crippen molar-refractivity contribution < 1.29 is 4.74 Å². The number of hydrogen-bond donors (Lipinski definition) is 1. The van der Waals surface area contributed by atoms with Gasteiger partial charge in [0.2, 0.25) is 0 Å². The first kappa shape index (κ1) is 22.2. The van der Waals surface area contributed by atoms with Crippen molar-refractivity contribution in [2.45, 2.75) is 6.04 Å². The average molecular weight is 499 g/mol. The number of para-hydroxylation sites is 2. The highest BCUT2D eigenvalue weighted by Crippen LogP contribution is 2.45. The summed E-state index contributed by atoms with van der Waals surface area (Å²) in [5.41, 5.74) is 4.95. The summed E-state index contributed by atoms with van der Waals surface area (Å²) in [5.74, 6) is 0.721. The highest BCUT2D eigenvalue weighted by atomic mass is 35.5. The molecule has 3 heterocycles. The summed E-state index contributed by atoms with van der Waals surface area (Å²) in [7, 11) is 4.85. The van der Waals surface area contributed by atoms with E-state index in [0.29, 0.717) is 15.9 Å². The van der Waals surface area contributed by atoms with E-state index in [-0.39, 0.29) is 17.3 Å². The molecular formula is C28H23ClN4O3. The molecule has 7 nitrogen and oxygen atoms in total. The molecule has 180 valence electrons. The van der Waals surface area contributed by atoms with Crippen molar-refractivity contribution in [2.24, 2.45) is 14.1 Å². The zero-order valence-electron chi connectivity index (χ0n) is 19.9. The number of ether oxygens (including phenoxy) is 1. The number of hydrogen-bond acceptors (Lipinski definition) is 4. The van der Waals surface area contributed by atoms with E-state index in [1.807, 2.05) is 72.8 Å². The monoisotopic (exact) mass is 498 g/mol. The van der Waals surface area contributed by atoms with Crippen molar-refractivity contribution in [1.82, 2.24) is 13.7 Å². The SMILES string of the molecule is COc1cccc([C@H]2Nc3ccccc3-n3c(-c4ccc(Cl)cc4)c4c(=O)n(C)c(=O)n(C)c4c32)c1. The quantitative estimate of drug-likeness (QED) is 0.385. The van der Waals surface area contributed by atoms with E-state index in [9.17, 15) is 9.59 Å². The number of aryl methyl sites for hydroxylation is 1. The van der Waals surface area contributed by atoms with Crippen LogP contribution in [-0.4, -0.2) is 20.8 Å². The summed E-state index contributed by atoms with van der Waals surface area (Å²) >= 11 is 6.21. The van der Waals surface area contributed by atoms with Crippen LogP contribution >= 0.6 is 11.6 Å². The second kappa shape index (κ2) is 8.17. The third kappa shape index (κ3) is 3.13. The standard InChI is InChI=1S/C28H23ClN4O3/c1-31-25-22(27(34)32(2)28(31)35)24(16-11-13-18(29)14-12-16)33-21-10-5-4-9-20(21)30-23(26(25)33)17-7-6-8-19(15-17)36-3/h4-15,23,30H,1-3H3/t23-/m1/s1. The van der Waals surface area contributed by atoms with Crippen LogP contribution in [0.5, 0.6) is 5.75 Å². The summed E-state index contributed by atoms with van der Waals surface area (Å²) in [6, 6.07) is 22.8. The van der Waals surface area contributed by atoms with Crippen LogP contribution in [0, 0.1) is 0 Å². The highest BCUT2D eigenvalue weighted by molar-refractivity contribution is 6.30. The third-order valence-electron chi connectivity index (χ3n) is 6.87. The van der Waals surface area contributed by atoms with Gasteiger partial charge in [0.15, 0.2) is 0 Å². The molecule has 1 aliphatic rings. The van der Waals surface area contributed by atoms with Crippen LogP contribution in [0.1, 0.15) is 17.3 Å². The molecule has 0 aliphatic carbocycles. The number of benzene rings is 3. The molecule has 0 saturated carbocycles. The van der Waals surface area contributed by atoms with Crippen LogP contribution in [0.4, 0.5) is 5.69 Å². The van der Waals surface area contributed by atoms with Gasteiger partial charge in [-0.3, -0.25) is 13.9 Å². The Hall–Kier alpha value is -4.23. The van der Waals surface area contributed by atoms with E-state index in [4.69, 9.17) is 16.3 Å². The average Bonchev–Trinajstić information content (AvgIpc) is 3.27. The molecule has 36 heavy (non-hydrogen) atoms. The molecule has 5 aromatic rings. The van der Waals surface area contributed by atoms with Crippen LogP contribution < -0.4 is 21.3 Å². The number of methoxy groups -OCH3 is 1. The molecule has 1 aliphatic heterocycles. The molecule has 0 bridgehead atoms. The Morgan fingerprint density at radius 2 is 1.67 bits per heavy atom. The fourth-order valence-electron chi connectivity index (χ4n) is 5.17. The fourth-order valence-corrected chi connectivity index (χ4v) is 5.30. The maximum absolute atomic E-state index is 13.7. The van der Waals surface area contributed by atoms with Gasteiger partial charge in [-0.2, -0.15) is 0 Å². The van der Waals surface area contributed by atoms with Gasteiger partial charge in [0.25, 0.3) is 5.56 Å². The Morgan fingerprint density at radius 1 is 0.917 bits per heavy atom. The van der Waals surface area contributed by atoms with Crippen molar-refractivity contribution in [3.63, 3.8) is 0 Å². The maximum Gasteiger partial charge on any atom is 0.331 e. The van der Waals surface area contributed by atoms with Gasteiger partial charge in [-0.05, 0) is 47.5 Å². The number of aromatic nitrogens is 3. The minimum absolute atomic E-state index is 0.346. The summed E-state index contributed by atoms with van der Waals surface area (Å²) in [6.45, 7) is 0. The van der Waals surface area contributed by atoms with Gasteiger partial charge in [0.05, 0.1) is 46.8 Å². The second-order valence-electron chi connectivity index (χ2n) is 8.88. The molecule has 0 saturated heterocycles. The molecule has 8 heteroatoms. The van der Waals surface area contributed by atoms with Gasteiger partial charge in [-0.25, -0.2) is 4.79 Å². The van der Waals surface area contributed by atoms with Crippen molar-refractivity contribution in [3.8, 4) is 22.7 Å². The van der Waals surface area contributed by atoms with Gasteiger partial charge in [0.1, 0.15) is 5.75 Å². The zero-order valence-corrected chi connectivity index (χ0v) is 20.7. The molecule has 3 aromatic carbocycles. The smallest absolute Gasteiger partial charge is 0.331 e. The number of rotatable bonds is 3. The summed E-state index contributed by atoms with van der Waals surface area (Å²) < 4.78 is 10.3. The Bertz CT molecular complexity index is 1780. The van der Waals surface area contributed by atoms with Gasteiger partial charge in [-0.1, -0.05) is 48.0 Å². The van der Waals surface area contributed by atoms with Crippen molar-refractivity contribution in [3.05, 3.63) is 110 Å². The van der Waals surface area contributed by atoms with Crippen LogP contribution in [-0.2, 0) is 14.1 Å². The molecule has 1 N–H and O–H groups in total. The summed E-state index contributed by atoms with van der Waals surface area (Å²) in [6.07, 6.45) is 0. The predicted molar refractivity (Wildman–Crippen MR) is 143 cm³/mol. The highest BCUT2D eigenvalue weighted by Gasteiger charge is 2.34. The Morgan fingerprint density at radius 3 is 2.42 bits per heavy atom. The first-order valence-corrected chi connectivity index (χ1v) is 11.9. The summed E-state index contributed by atoms with van der Waals surface area (Å²) in [4.78, 5) is 26.8. The Balaban J connectivity index is 1.84. The summed E-state index contributed by atoms with van der Waals surface area (Å²) in [5, 5.41) is 4.72. The topological polar surface area (TPSA) is 70.2 Å². The van der Waals surface area contributed by atoms with Gasteiger partial charge in [0, 0.05) is 19.1 Å². The van der Waals surface area contributed by atoms with E-state index in [0.717, 1.165) is 44.2 Å². The van der Waals surface area contributed by atoms with Crippen molar-refractivity contribution in [1.29, 1.82) is 0 Å². The van der Waals surface area contributed by atoms with E-state index in [1.165, 1.54) is 7.05 Å². The Labute approximate surface area is 211 Å². The third-order valence-corrected chi connectivity index (χ3v) is 7.12. The van der Waals surface area contributed by atoms with E-state index in [1.54, 1.807) is 18.7 Å². The van der Waals surface area contributed by atoms with Crippen LogP contribution in [0.15, 0.2) is 82.4 Å². The molecule has 0 spiro atoms. The van der Waals surface area contributed by atoms with Crippen molar-refractivity contribution in [2.75, 3.05) is 12.4 Å².